The number of pyridine rings is 1. The molecule has 1 atom stereocenters. The molecular weight excluding hydrogens is 364 g/mol. The molecule has 0 N–H and O–H groups in total. The number of aryl methyl sites for hydroxylation is 1. The fraction of sp³-hybridized carbons (Fsp3) is 0.391. The number of likely N-dealkylation sites (tertiary alicyclic amines) is 1. The Kier molecular flexibility index (Phi) is 5.69. The van der Waals surface area contributed by atoms with Gasteiger partial charge in [-0.15, -0.1) is 0 Å². The van der Waals surface area contributed by atoms with Crippen LogP contribution in [0.25, 0.3) is 11.5 Å². The van der Waals surface area contributed by atoms with E-state index in [2.05, 4.69) is 41.1 Å². The quantitative estimate of drug-likeness (QED) is 0.620. The van der Waals surface area contributed by atoms with Crippen molar-refractivity contribution in [3.05, 3.63) is 65.7 Å². The molecule has 0 aliphatic carbocycles. The number of benzene rings is 1. The van der Waals surface area contributed by atoms with Crippen molar-refractivity contribution in [3.8, 4) is 11.5 Å². The van der Waals surface area contributed by atoms with E-state index in [0.29, 0.717) is 24.1 Å². The SMILES string of the molecule is CC(C)c1ccc(C(=O)N2CCCC2CCc2noc(-c3cccnc3)n2)cc1. The minimum atomic E-state index is 0.118. The molecule has 6 heteroatoms. The average Bonchev–Trinajstić information content (AvgIpc) is 3.42. The fourth-order valence-electron chi connectivity index (χ4n) is 3.84. The van der Waals surface area contributed by atoms with Gasteiger partial charge < -0.3 is 9.42 Å². The van der Waals surface area contributed by atoms with Crippen molar-refractivity contribution in [1.29, 1.82) is 0 Å². The van der Waals surface area contributed by atoms with E-state index < -0.39 is 0 Å². The predicted molar refractivity (Wildman–Crippen MR) is 110 cm³/mol. The van der Waals surface area contributed by atoms with Crippen molar-refractivity contribution in [2.45, 2.75) is 51.5 Å². The van der Waals surface area contributed by atoms with Crippen molar-refractivity contribution >= 4 is 5.91 Å². The van der Waals surface area contributed by atoms with E-state index in [0.717, 1.165) is 36.9 Å². The third-order valence-corrected chi connectivity index (χ3v) is 5.54. The summed E-state index contributed by atoms with van der Waals surface area (Å²) < 4.78 is 5.36. The van der Waals surface area contributed by atoms with Crippen LogP contribution in [0.2, 0.25) is 0 Å². The number of carbonyl (C=O) groups excluding carboxylic acids is 1. The maximum Gasteiger partial charge on any atom is 0.259 e. The summed E-state index contributed by atoms with van der Waals surface area (Å²) in [5.74, 6) is 1.74. The molecule has 2 aromatic heterocycles. The molecule has 0 bridgehead atoms. The molecule has 6 nitrogen and oxygen atoms in total. The standard InChI is InChI=1S/C23H26N4O2/c1-16(2)17-7-9-18(10-8-17)23(28)27-14-4-6-20(27)11-12-21-25-22(29-26-21)19-5-3-13-24-15-19/h3,5,7-10,13,15-16,20H,4,6,11-12,14H2,1-2H3. The number of carbonyl (C=O) groups is 1. The summed E-state index contributed by atoms with van der Waals surface area (Å²) in [5.41, 5.74) is 2.83. The van der Waals surface area contributed by atoms with Crippen LogP contribution in [0.5, 0.6) is 0 Å². The van der Waals surface area contributed by atoms with Crippen LogP contribution < -0.4 is 0 Å². The maximum atomic E-state index is 13.0. The van der Waals surface area contributed by atoms with Gasteiger partial charge in [-0.25, -0.2) is 0 Å². The van der Waals surface area contributed by atoms with Crippen LogP contribution in [0.1, 0.15) is 60.8 Å². The Balaban J connectivity index is 1.39. The van der Waals surface area contributed by atoms with E-state index in [1.165, 1.54) is 5.56 Å². The van der Waals surface area contributed by atoms with Crippen LogP contribution >= 0.6 is 0 Å². The number of nitrogens with zero attached hydrogens (tertiary/aromatic N) is 4. The Morgan fingerprint density at radius 3 is 2.79 bits per heavy atom. The lowest BCUT2D eigenvalue weighted by atomic mass is 10.0. The summed E-state index contributed by atoms with van der Waals surface area (Å²) >= 11 is 0. The molecular formula is C23H26N4O2. The Morgan fingerprint density at radius 2 is 2.07 bits per heavy atom. The minimum absolute atomic E-state index is 0.118. The molecule has 3 heterocycles. The molecule has 1 aromatic carbocycles. The van der Waals surface area contributed by atoms with Gasteiger partial charge in [0.25, 0.3) is 11.8 Å². The van der Waals surface area contributed by atoms with Crippen molar-refractivity contribution < 1.29 is 9.32 Å². The van der Waals surface area contributed by atoms with Gasteiger partial charge in [-0.1, -0.05) is 31.1 Å². The molecule has 29 heavy (non-hydrogen) atoms. The molecule has 1 unspecified atom stereocenters. The van der Waals surface area contributed by atoms with Crippen LogP contribution in [0.15, 0.2) is 53.3 Å². The second-order valence-electron chi connectivity index (χ2n) is 7.87. The van der Waals surface area contributed by atoms with Crippen molar-refractivity contribution in [3.63, 3.8) is 0 Å². The Labute approximate surface area is 171 Å². The summed E-state index contributed by atoms with van der Waals surface area (Å²) in [6.45, 7) is 5.12. The van der Waals surface area contributed by atoms with Gasteiger partial charge in [-0.2, -0.15) is 4.98 Å². The van der Waals surface area contributed by atoms with Gasteiger partial charge in [0, 0.05) is 37.0 Å². The third kappa shape index (κ3) is 4.36. The van der Waals surface area contributed by atoms with Gasteiger partial charge in [0.1, 0.15) is 0 Å². The van der Waals surface area contributed by atoms with E-state index in [-0.39, 0.29) is 11.9 Å². The molecule has 1 amide bonds. The highest BCUT2D eigenvalue weighted by atomic mass is 16.5. The molecule has 1 aliphatic heterocycles. The molecule has 150 valence electrons. The largest absolute Gasteiger partial charge is 0.336 e. The van der Waals surface area contributed by atoms with E-state index in [1.54, 1.807) is 12.4 Å². The lowest BCUT2D eigenvalue weighted by molar-refractivity contribution is 0.0730. The highest BCUT2D eigenvalue weighted by molar-refractivity contribution is 5.94. The molecule has 1 fully saturated rings. The Hall–Kier alpha value is -3.02. The van der Waals surface area contributed by atoms with Gasteiger partial charge in [0.2, 0.25) is 0 Å². The summed E-state index contributed by atoms with van der Waals surface area (Å²) in [6, 6.07) is 12.0. The second kappa shape index (κ2) is 8.55. The van der Waals surface area contributed by atoms with Gasteiger partial charge in [0.05, 0.1) is 5.56 Å². The molecule has 0 radical (unpaired) electrons. The van der Waals surface area contributed by atoms with Crippen LogP contribution in [0.3, 0.4) is 0 Å². The molecule has 1 aliphatic rings. The summed E-state index contributed by atoms with van der Waals surface area (Å²) in [6.07, 6.45) is 6.99. The summed E-state index contributed by atoms with van der Waals surface area (Å²) in [5, 5.41) is 4.09. The van der Waals surface area contributed by atoms with Gasteiger partial charge in [-0.3, -0.25) is 9.78 Å². The van der Waals surface area contributed by atoms with E-state index in [1.807, 2.05) is 29.2 Å². The van der Waals surface area contributed by atoms with Gasteiger partial charge >= 0.3 is 0 Å². The summed E-state index contributed by atoms with van der Waals surface area (Å²) in [4.78, 5) is 23.6. The van der Waals surface area contributed by atoms with E-state index in [4.69, 9.17) is 4.52 Å². The smallest absolute Gasteiger partial charge is 0.259 e. The first kappa shape index (κ1) is 19.3. The van der Waals surface area contributed by atoms with Crippen molar-refractivity contribution in [2.75, 3.05) is 6.54 Å². The molecule has 0 spiro atoms. The zero-order valence-corrected chi connectivity index (χ0v) is 16.9. The van der Waals surface area contributed by atoms with Crippen LogP contribution in [-0.4, -0.2) is 38.5 Å². The van der Waals surface area contributed by atoms with Crippen LogP contribution in [0, 0.1) is 0 Å². The lowest BCUT2D eigenvalue weighted by Crippen LogP contribution is -2.35. The minimum Gasteiger partial charge on any atom is -0.336 e. The zero-order chi connectivity index (χ0) is 20.2. The van der Waals surface area contributed by atoms with Crippen LogP contribution in [0.4, 0.5) is 0 Å². The Bertz CT molecular complexity index is 951. The molecule has 1 saturated heterocycles. The predicted octanol–water partition coefficient (Wildman–Crippen LogP) is 4.49. The zero-order valence-electron chi connectivity index (χ0n) is 16.9. The summed E-state index contributed by atoms with van der Waals surface area (Å²) in [7, 11) is 0. The topological polar surface area (TPSA) is 72.1 Å². The normalized spacial score (nSPS) is 16.5. The number of aromatic nitrogens is 3. The monoisotopic (exact) mass is 390 g/mol. The maximum absolute atomic E-state index is 13.0. The van der Waals surface area contributed by atoms with Crippen molar-refractivity contribution in [2.24, 2.45) is 0 Å². The van der Waals surface area contributed by atoms with Gasteiger partial charge in [-0.05, 0) is 55.0 Å². The highest BCUT2D eigenvalue weighted by Gasteiger charge is 2.29. The van der Waals surface area contributed by atoms with E-state index >= 15 is 0 Å². The van der Waals surface area contributed by atoms with E-state index in [9.17, 15) is 4.79 Å². The molecule has 3 aromatic rings. The average molecular weight is 390 g/mol. The fourth-order valence-corrected chi connectivity index (χ4v) is 3.84. The third-order valence-electron chi connectivity index (χ3n) is 5.54. The number of rotatable bonds is 6. The number of amides is 1. The molecule has 4 rings (SSSR count). The second-order valence-corrected chi connectivity index (χ2v) is 7.87. The first-order valence-corrected chi connectivity index (χ1v) is 10.3. The van der Waals surface area contributed by atoms with Crippen molar-refractivity contribution in [1.82, 2.24) is 20.0 Å². The molecule has 0 saturated carbocycles. The Morgan fingerprint density at radius 1 is 1.24 bits per heavy atom. The van der Waals surface area contributed by atoms with Gasteiger partial charge in [0.15, 0.2) is 5.82 Å². The van der Waals surface area contributed by atoms with Crippen LogP contribution in [-0.2, 0) is 6.42 Å². The number of hydrogen-bond acceptors (Lipinski definition) is 5. The first-order valence-electron chi connectivity index (χ1n) is 10.3. The lowest BCUT2D eigenvalue weighted by Gasteiger charge is -2.24. The first-order chi connectivity index (χ1) is 14.1. The highest BCUT2D eigenvalue weighted by Crippen LogP contribution is 2.25. The number of hydrogen-bond donors (Lipinski definition) is 0.